The minimum atomic E-state index is -0.247. The number of thiophene rings is 1. The highest BCUT2D eigenvalue weighted by molar-refractivity contribution is 9.13. The lowest BCUT2D eigenvalue weighted by atomic mass is 10.1. The Morgan fingerprint density at radius 2 is 2.21 bits per heavy atom. The van der Waals surface area contributed by atoms with E-state index in [-0.39, 0.29) is 5.54 Å². The zero-order valence-corrected chi connectivity index (χ0v) is 12.0. The van der Waals surface area contributed by atoms with Gasteiger partial charge in [0.1, 0.15) is 0 Å². The molecule has 1 nitrogen and oxygen atoms in total. The molecule has 14 heavy (non-hydrogen) atoms. The molecule has 0 aliphatic rings. The first-order valence-electron chi connectivity index (χ1n) is 4.11. The van der Waals surface area contributed by atoms with Gasteiger partial charge in [0.15, 0.2) is 0 Å². The van der Waals surface area contributed by atoms with Gasteiger partial charge in [-0.2, -0.15) is 0 Å². The van der Waals surface area contributed by atoms with Crippen molar-refractivity contribution >= 4 is 43.2 Å². The monoisotopic (exact) mass is 335 g/mol. The van der Waals surface area contributed by atoms with Crippen molar-refractivity contribution in [2.24, 2.45) is 0 Å². The highest BCUT2D eigenvalue weighted by Gasteiger charge is 2.13. The molecule has 1 aromatic rings. The summed E-state index contributed by atoms with van der Waals surface area (Å²) in [4.78, 5) is 1.26. The number of halogens is 2. The van der Waals surface area contributed by atoms with E-state index < -0.39 is 0 Å². The predicted octanol–water partition coefficient (Wildman–Crippen LogP) is 3.77. The number of hydrogen-bond donors (Lipinski definition) is 1. The van der Waals surface area contributed by atoms with Crippen LogP contribution in [0.2, 0.25) is 0 Å². The van der Waals surface area contributed by atoms with Crippen molar-refractivity contribution in [2.75, 3.05) is 0 Å². The molecule has 0 atom stereocenters. The molecule has 0 radical (unpaired) electrons. The van der Waals surface area contributed by atoms with Crippen LogP contribution in [-0.4, -0.2) is 5.54 Å². The summed E-state index contributed by atoms with van der Waals surface area (Å²) in [5, 5.41) is 3.30. The van der Waals surface area contributed by atoms with Gasteiger partial charge in [0.25, 0.3) is 0 Å². The summed E-state index contributed by atoms with van der Waals surface area (Å²) < 4.78 is 2.21. The van der Waals surface area contributed by atoms with Crippen LogP contribution in [0.15, 0.2) is 14.3 Å². The van der Waals surface area contributed by atoms with E-state index in [2.05, 4.69) is 49.2 Å². The van der Waals surface area contributed by atoms with Crippen LogP contribution in [-0.2, 0) is 6.54 Å². The molecule has 0 bridgehead atoms. The van der Waals surface area contributed by atoms with Crippen LogP contribution in [0.3, 0.4) is 0 Å². The van der Waals surface area contributed by atoms with Crippen molar-refractivity contribution in [1.82, 2.24) is 5.32 Å². The number of nitrogens with one attached hydrogen (secondary N) is 1. The molecule has 1 N–H and O–H groups in total. The van der Waals surface area contributed by atoms with E-state index in [4.69, 9.17) is 6.42 Å². The molecule has 0 fully saturated rings. The van der Waals surface area contributed by atoms with E-state index >= 15 is 0 Å². The number of terminal acetylenes is 1. The molecule has 0 amide bonds. The van der Waals surface area contributed by atoms with Gasteiger partial charge >= 0.3 is 0 Å². The zero-order valence-electron chi connectivity index (χ0n) is 8.03. The maximum Gasteiger partial charge on any atom is 0.0843 e. The van der Waals surface area contributed by atoms with Gasteiger partial charge in [-0.3, -0.25) is 5.32 Å². The second kappa shape index (κ2) is 4.80. The molecule has 0 unspecified atom stereocenters. The summed E-state index contributed by atoms with van der Waals surface area (Å²) in [6.07, 6.45) is 5.38. The van der Waals surface area contributed by atoms with Gasteiger partial charge < -0.3 is 0 Å². The lowest BCUT2D eigenvalue weighted by Gasteiger charge is -2.18. The Hall–Kier alpha value is 0.180. The number of hydrogen-bond acceptors (Lipinski definition) is 2. The first-order valence-corrected chi connectivity index (χ1v) is 6.51. The zero-order chi connectivity index (χ0) is 10.8. The third-order valence-corrected chi connectivity index (χ3v) is 5.02. The minimum absolute atomic E-state index is 0.247. The second-order valence-electron chi connectivity index (χ2n) is 3.46. The summed E-state index contributed by atoms with van der Waals surface area (Å²) in [7, 11) is 0. The topological polar surface area (TPSA) is 12.0 Å². The summed E-state index contributed by atoms with van der Waals surface area (Å²) in [6.45, 7) is 4.78. The van der Waals surface area contributed by atoms with E-state index in [1.807, 2.05) is 13.8 Å². The number of rotatable bonds is 3. The minimum Gasteiger partial charge on any atom is -0.297 e. The lowest BCUT2D eigenvalue weighted by Crippen LogP contribution is -2.36. The summed E-state index contributed by atoms with van der Waals surface area (Å²) in [6, 6.07) is 2.09. The Balaban J connectivity index is 2.59. The highest BCUT2D eigenvalue weighted by Crippen LogP contribution is 2.32. The van der Waals surface area contributed by atoms with Gasteiger partial charge in [-0.25, -0.2) is 0 Å². The summed E-state index contributed by atoms with van der Waals surface area (Å²) in [5.74, 6) is 2.70. The SMILES string of the molecule is C#CC(C)(C)NCc1cc(Br)c(Br)s1. The fraction of sp³-hybridized carbons (Fsp3) is 0.400. The van der Waals surface area contributed by atoms with Gasteiger partial charge in [-0.05, 0) is 51.8 Å². The van der Waals surface area contributed by atoms with Crippen molar-refractivity contribution in [3.63, 3.8) is 0 Å². The average Bonchev–Trinajstić information content (AvgIpc) is 2.44. The van der Waals surface area contributed by atoms with Crippen LogP contribution in [0.5, 0.6) is 0 Å². The maximum absolute atomic E-state index is 5.38. The second-order valence-corrected chi connectivity index (χ2v) is 6.77. The molecule has 4 heteroatoms. The lowest BCUT2D eigenvalue weighted by molar-refractivity contribution is 0.494. The Bertz CT molecular complexity index is 343. The van der Waals surface area contributed by atoms with Crippen LogP contribution in [0.25, 0.3) is 0 Å². The van der Waals surface area contributed by atoms with E-state index in [0.29, 0.717) is 0 Å². The van der Waals surface area contributed by atoms with E-state index in [0.717, 1.165) is 14.8 Å². The van der Waals surface area contributed by atoms with E-state index in [9.17, 15) is 0 Å². The van der Waals surface area contributed by atoms with Gasteiger partial charge in [0, 0.05) is 15.9 Å². The van der Waals surface area contributed by atoms with Gasteiger partial charge in [-0.15, -0.1) is 17.8 Å². The maximum atomic E-state index is 5.38. The van der Waals surface area contributed by atoms with E-state index in [1.54, 1.807) is 11.3 Å². The normalized spacial score (nSPS) is 11.4. The molecule has 0 aromatic carbocycles. The molecular formula is C10H11Br2NS. The average molecular weight is 337 g/mol. The molecule has 76 valence electrons. The quantitative estimate of drug-likeness (QED) is 0.828. The van der Waals surface area contributed by atoms with Crippen molar-refractivity contribution in [3.05, 3.63) is 19.2 Å². The smallest absolute Gasteiger partial charge is 0.0843 e. The Kier molecular flexibility index (Phi) is 4.20. The molecular weight excluding hydrogens is 326 g/mol. The van der Waals surface area contributed by atoms with Crippen molar-refractivity contribution in [3.8, 4) is 12.3 Å². The Labute approximate surface area is 106 Å². The van der Waals surface area contributed by atoms with Crippen LogP contribution < -0.4 is 5.32 Å². The molecule has 0 aliphatic heterocycles. The third-order valence-electron chi connectivity index (χ3n) is 1.76. The molecule has 0 saturated heterocycles. The molecule has 0 spiro atoms. The van der Waals surface area contributed by atoms with Crippen LogP contribution in [0, 0.1) is 12.3 Å². The van der Waals surface area contributed by atoms with Gasteiger partial charge in [0.05, 0.1) is 9.33 Å². The predicted molar refractivity (Wildman–Crippen MR) is 69.5 cm³/mol. The standard InChI is InChI=1S/C10H11Br2NS/c1-4-10(2,3)13-6-7-5-8(11)9(12)14-7/h1,5,13H,6H2,2-3H3. The molecule has 1 rings (SSSR count). The highest BCUT2D eigenvalue weighted by atomic mass is 79.9. The van der Waals surface area contributed by atoms with Gasteiger partial charge in [-0.1, -0.05) is 5.92 Å². The summed E-state index contributed by atoms with van der Waals surface area (Å²) in [5.41, 5.74) is -0.247. The van der Waals surface area contributed by atoms with E-state index in [1.165, 1.54) is 4.88 Å². The third kappa shape index (κ3) is 3.39. The molecule has 1 aromatic heterocycles. The van der Waals surface area contributed by atoms with Crippen LogP contribution >= 0.6 is 43.2 Å². The van der Waals surface area contributed by atoms with Crippen molar-refractivity contribution < 1.29 is 0 Å². The fourth-order valence-corrected chi connectivity index (χ4v) is 2.95. The van der Waals surface area contributed by atoms with Crippen molar-refractivity contribution in [1.29, 1.82) is 0 Å². The largest absolute Gasteiger partial charge is 0.297 e. The van der Waals surface area contributed by atoms with Gasteiger partial charge in [0.2, 0.25) is 0 Å². The molecule has 0 aliphatic carbocycles. The molecule has 1 heterocycles. The first-order chi connectivity index (χ1) is 6.44. The van der Waals surface area contributed by atoms with Crippen LogP contribution in [0.4, 0.5) is 0 Å². The fourth-order valence-electron chi connectivity index (χ4n) is 0.838. The molecule has 0 saturated carbocycles. The van der Waals surface area contributed by atoms with Crippen molar-refractivity contribution in [2.45, 2.75) is 25.9 Å². The Morgan fingerprint density at radius 3 is 2.64 bits per heavy atom. The Morgan fingerprint density at radius 1 is 1.57 bits per heavy atom. The summed E-state index contributed by atoms with van der Waals surface area (Å²) >= 11 is 8.61. The van der Waals surface area contributed by atoms with Crippen LogP contribution in [0.1, 0.15) is 18.7 Å². The first kappa shape index (κ1) is 12.3.